The first kappa shape index (κ1) is 12.4. The molecule has 1 aliphatic rings. The quantitative estimate of drug-likeness (QED) is 0.824. The number of carbonyl (C=O) groups excluding carboxylic acids is 2. The Morgan fingerprint density at radius 2 is 2.12 bits per heavy atom. The summed E-state index contributed by atoms with van der Waals surface area (Å²) >= 11 is 9.07. The molecule has 4 nitrogen and oxygen atoms in total. The fourth-order valence-electron chi connectivity index (χ4n) is 1.58. The average molecular weight is 319 g/mol. The molecule has 0 aromatic heterocycles. The van der Waals surface area contributed by atoms with Gasteiger partial charge in [0, 0.05) is 17.3 Å². The van der Waals surface area contributed by atoms with Crippen LogP contribution in [0, 0.1) is 5.92 Å². The third-order valence-electron chi connectivity index (χ3n) is 2.60. The lowest BCUT2D eigenvalue weighted by atomic mass is 9.83. The van der Waals surface area contributed by atoms with Crippen molar-refractivity contribution in [2.45, 2.75) is 12.8 Å². The smallest absolute Gasteiger partial charge is 0.228 e. The Morgan fingerprint density at radius 1 is 1.47 bits per heavy atom. The molecule has 2 N–H and O–H groups in total. The SMILES string of the molecule is O=C1CC(C(=O)Nc2c(O)cc(Br)cc2Cl)C1. The van der Waals surface area contributed by atoms with Gasteiger partial charge in [-0.3, -0.25) is 9.59 Å². The monoisotopic (exact) mass is 317 g/mol. The minimum absolute atomic E-state index is 0.0799. The van der Waals surface area contributed by atoms with Crippen LogP contribution < -0.4 is 5.32 Å². The predicted molar refractivity (Wildman–Crippen MR) is 67.2 cm³/mol. The number of phenolic OH excluding ortho intramolecular Hbond substituents is 1. The van der Waals surface area contributed by atoms with Crippen molar-refractivity contribution in [1.82, 2.24) is 0 Å². The highest BCUT2D eigenvalue weighted by molar-refractivity contribution is 9.10. The van der Waals surface area contributed by atoms with E-state index in [1.807, 2.05) is 0 Å². The van der Waals surface area contributed by atoms with E-state index in [4.69, 9.17) is 11.6 Å². The standard InChI is InChI=1S/C11H9BrClNO3/c12-6-3-8(13)10(9(16)4-6)14-11(17)5-1-7(15)2-5/h3-5,16H,1-2H2,(H,14,17). The molecule has 2 rings (SSSR count). The lowest BCUT2D eigenvalue weighted by Crippen LogP contribution is -2.34. The van der Waals surface area contributed by atoms with E-state index in [-0.39, 0.29) is 46.9 Å². The molecule has 0 spiro atoms. The zero-order valence-electron chi connectivity index (χ0n) is 8.67. The Balaban J connectivity index is 2.13. The third kappa shape index (κ3) is 2.61. The summed E-state index contributed by atoms with van der Waals surface area (Å²) in [6.07, 6.45) is 0.529. The van der Waals surface area contributed by atoms with Crippen molar-refractivity contribution in [1.29, 1.82) is 0 Å². The first-order valence-corrected chi connectivity index (χ1v) is 6.15. The molecule has 17 heavy (non-hydrogen) atoms. The molecule has 1 fully saturated rings. The van der Waals surface area contributed by atoms with E-state index in [2.05, 4.69) is 21.2 Å². The number of hydrogen-bond donors (Lipinski definition) is 2. The topological polar surface area (TPSA) is 66.4 Å². The lowest BCUT2D eigenvalue weighted by Gasteiger charge is -2.23. The zero-order chi connectivity index (χ0) is 12.6. The molecule has 0 radical (unpaired) electrons. The van der Waals surface area contributed by atoms with Crippen LogP contribution in [-0.4, -0.2) is 16.8 Å². The van der Waals surface area contributed by atoms with E-state index in [0.717, 1.165) is 0 Å². The van der Waals surface area contributed by atoms with Crippen LogP contribution in [0.25, 0.3) is 0 Å². The fraction of sp³-hybridized carbons (Fsp3) is 0.273. The highest BCUT2D eigenvalue weighted by atomic mass is 79.9. The van der Waals surface area contributed by atoms with Gasteiger partial charge in [0.2, 0.25) is 5.91 Å². The van der Waals surface area contributed by atoms with Crippen LogP contribution in [0.1, 0.15) is 12.8 Å². The number of phenols is 1. The minimum atomic E-state index is -0.304. The molecule has 0 unspecified atom stereocenters. The minimum Gasteiger partial charge on any atom is -0.506 e. The van der Waals surface area contributed by atoms with Crippen molar-refractivity contribution in [3.05, 3.63) is 21.6 Å². The number of aromatic hydroxyl groups is 1. The van der Waals surface area contributed by atoms with E-state index in [1.165, 1.54) is 6.07 Å². The van der Waals surface area contributed by atoms with Crippen molar-refractivity contribution in [3.8, 4) is 5.75 Å². The molecule has 1 amide bonds. The van der Waals surface area contributed by atoms with Crippen LogP contribution in [0.15, 0.2) is 16.6 Å². The summed E-state index contributed by atoms with van der Waals surface area (Å²) in [5, 5.41) is 12.4. The summed E-state index contributed by atoms with van der Waals surface area (Å²) in [6, 6.07) is 3.01. The average Bonchev–Trinajstić information content (AvgIpc) is 2.18. The normalized spacial score (nSPS) is 15.5. The van der Waals surface area contributed by atoms with Gasteiger partial charge in [-0.05, 0) is 12.1 Å². The van der Waals surface area contributed by atoms with Crippen LogP contribution in [0.4, 0.5) is 5.69 Å². The maximum atomic E-state index is 11.7. The fourth-order valence-corrected chi connectivity index (χ4v) is 2.42. The summed E-state index contributed by atoms with van der Waals surface area (Å²) in [6.45, 7) is 0. The summed E-state index contributed by atoms with van der Waals surface area (Å²) < 4.78 is 0.622. The molecule has 0 heterocycles. The maximum Gasteiger partial charge on any atom is 0.228 e. The second-order valence-electron chi connectivity index (χ2n) is 3.91. The number of Topliss-reactive ketones (excluding diaryl/α,β-unsaturated/α-hetero) is 1. The Bertz CT molecular complexity index is 472. The van der Waals surface area contributed by atoms with Gasteiger partial charge in [-0.15, -0.1) is 0 Å². The van der Waals surface area contributed by atoms with Gasteiger partial charge in [-0.1, -0.05) is 27.5 Å². The number of amides is 1. The molecular formula is C11H9BrClNO3. The first-order valence-electron chi connectivity index (χ1n) is 4.98. The van der Waals surface area contributed by atoms with Crippen LogP contribution in [0.5, 0.6) is 5.75 Å². The van der Waals surface area contributed by atoms with Crippen molar-refractivity contribution in [3.63, 3.8) is 0 Å². The van der Waals surface area contributed by atoms with Gasteiger partial charge in [0.05, 0.1) is 10.9 Å². The molecule has 1 saturated carbocycles. The molecule has 0 aliphatic heterocycles. The van der Waals surface area contributed by atoms with Gasteiger partial charge in [-0.2, -0.15) is 0 Å². The molecule has 0 saturated heterocycles. The highest BCUT2D eigenvalue weighted by Crippen LogP contribution is 2.36. The van der Waals surface area contributed by atoms with Crippen molar-refractivity contribution >= 4 is 44.9 Å². The largest absolute Gasteiger partial charge is 0.506 e. The number of anilines is 1. The summed E-state index contributed by atoms with van der Waals surface area (Å²) in [7, 11) is 0. The maximum absolute atomic E-state index is 11.7. The van der Waals surface area contributed by atoms with Gasteiger partial charge in [-0.25, -0.2) is 0 Å². The Kier molecular flexibility index (Phi) is 3.40. The second-order valence-corrected chi connectivity index (χ2v) is 5.24. The summed E-state index contributed by atoms with van der Waals surface area (Å²) in [5.41, 5.74) is 0.180. The van der Waals surface area contributed by atoms with Crippen molar-refractivity contribution < 1.29 is 14.7 Å². The van der Waals surface area contributed by atoms with Crippen molar-refractivity contribution in [2.24, 2.45) is 5.92 Å². The number of ketones is 1. The van der Waals surface area contributed by atoms with Gasteiger partial charge >= 0.3 is 0 Å². The van der Waals surface area contributed by atoms with Crippen molar-refractivity contribution in [2.75, 3.05) is 5.32 Å². The summed E-state index contributed by atoms with van der Waals surface area (Å²) in [5.74, 6) is -0.620. The second kappa shape index (κ2) is 4.66. The van der Waals surface area contributed by atoms with Crippen LogP contribution in [-0.2, 0) is 9.59 Å². The highest BCUT2D eigenvalue weighted by Gasteiger charge is 2.33. The number of nitrogens with one attached hydrogen (secondary N) is 1. The van der Waals surface area contributed by atoms with Crippen LogP contribution in [0.3, 0.4) is 0 Å². The van der Waals surface area contributed by atoms with E-state index in [1.54, 1.807) is 6.07 Å². The molecular weight excluding hydrogens is 309 g/mol. The summed E-state index contributed by atoms with van der Waals surface area (Å²) in [4.78, 5) is 22.5. The molecule has 6 heteroatoms. The van der Waals surface area contributed by atoms with E-state index in [9.17, 15) is 14.7 Å². The number of halogens is 2. The van der Waals surface area contributed by atoms with Gasteiger partial charge in [0.25, 0.3) is 0 Å². The first-order chi connectivity index (χ1) is 7.97. The number of carbonyl (C=O) groups is 2. The molecule has 90 valence electrons. The molecule has 1 aromatic rings. The molecule has 1 aliphatic carbocycles. The van der Waals surface area contributed by atoms with Gasteiger partial charge in [0.1, 0.15) is 17.2 Å². The van der Waals surface area contributed by atoms with E-state index < -0.39 is 0 Å². The molecule has 0 atom stereocenters. The van der Waals surface area contributed by atoms with Gasteiger partial charge < -0.3 is 10.4 Å². The zero-order valence-corrected chi connectivity index (χ0v) is 11.0. The molecule has 1 aromatic carbocycles. The number of hydrogen-bond acceptors (Lipinski definition) is 3. The van der Waals surface area contributed by atoms with Gasteiger partial charge in [0.15, 0.2) is 0 Å². The third-order valence-corrected chi connectivity index (χ3v) is 3.36. The van der Waals surface area contributed by atoms with E-state index in [0.29, 0.717) is 4.47 Å². The Labute approximate surface area is 111 Å². The number of rotatable bonds is 2. The predicted octanol–water partition coefficient (Wildman–Crippen LogP) is 2.73. The van der Waals surface area contributed by atoms with Crippen LogP contribution in [0.2, 0.25) is 5.02 Å². The molecule has 0 bridgehead atoms. The van der Waals surface area contributed by atoms with Crippen LogP contribution >= 0.6 is 27.5 Å². The lowest BCUT2D eigenvalue weighted by molar-refractivity contribution is -0.135. The Hall–Kier alpha value is -1.07. The Morgan fingerprint density at radius 3 is 2.65 bits per heavy atom. The number of benzene rings is 1. The van der Waals surface area contributed by atoms with E-state index >= 15 is 0 Å².